The predicted molar refractivity (Wildman–Crippen MR) is 88.4 cm³/mol. The van der Waals surface area contributed by atoms with E-state index in [-0.39, 0.29) is 16.0 Å². The summed E-state index contributed by atoms with van der Waals surface area (Å²) in [5.41, 5.74) is 2.16. The second kappa shape index (κ2) is 6.03. The molecule has 3 rings (SSSR count). The van der Waals surface area contributed by atoms with Gasteiger partial charge in [-0.2, -0.15) is 0 Å². The fourth-order valence-corrected chi connectivity index (χ4v) is 4.35. The third kappa shape index (κ3) is 3.35. The number of hydrogen-bond donors (Lipinski definition) is 1. The maximum absolute atomic E-state index is 12.6. The summed E-state index contributed by atoms with van der Waals surface area (Å²) in [7, 11) is -3.64. The van der Waals surface area contributed by atoms with Crippen LogP contribution in [0.15, 0.2) is 53.4 Å². The topological polar surface area (TPSA) is 46.2 Å². The van der Waals surface area contributed by atoms with E-state index in [1.807, 2.05) is 31.2 Å². The van der Waals surface area contributed by atoms with Gasteiger partial charge in [0.15, 0.2) is 0 Å². The van der Waals surface area contributed by atoms with E-state index < -0.39 is 10.0 Å². The first-order valence-corrected chi connectivity index (χ1v) is 9.17. The van der Waals surface area contributed by atoms with Gasteiger partial charge in [0.05, 0.1) is 5.02 Å². The van der Waals surface area contributed by atoms with Crippen LogP contribution in [0.5, 0.6) is 0 Å². The van der Waals surface area contributed by atoms with E-state index in [1.165, 1.54) is 6.07 Å². The summed E-state index contributed by atoms with van der Waals surface area (Å²) in [6.45, 7) is 2.02. The number of hydrogen-bond acceptors (Lipinski definition) is 2. The van der Waals surface area contributed by atoms with Crippen molar-refractivity contribution in [3.05, 3.63) is 64.7 Å². The molecule has 0 aliphatic heterocycles. The summed E-state index contributed by atoms with van der Waals surface area (Å²) >= 11 is 6.04. The molecule has 1 aliphatic carbocycles. The average Bonchev–Trinajstić information content (AvgIpc) is 3.31. The van der Waals surface area contributed by atoms with Gasteiger partial charge in [-0.1, -0.05) is 53.6 Å². The number of sulfonamides is 1. The normalized spacial score (nSPS) is 16.5. The Labute approximate surface area is 136 Å². The minimum Gasteiger partial charge on any atom is -0.207 e. The zero-order chi connectivity index (χ0) is 15.7. The van der Waals surface area contributed by atoms with Crippen molar-refractivity contribution in [1.82, 2.24) is 4.72 Å². The molecule has 22 heavy (non-hydrogen) atoms. The van der Waals surface area contributed by atoms with Gasteiger partial charge in [0, 0.05) is 6.04 Å². The molecule has 0 aromatic heterocycles. The molecule has 0 bridgehead atoms. The minimum absolute atomic E-state index is 0.134. The Bertz CT molecular complexity index is 768. The molecule has 0 spiro atoms. The van der Waals surface area contributed by atoms with Crippen molar-refractivity contribution >= 4 is 21.6 Å². The van der Waals surface area contributed by atoms with E-state index in [4.69, 9.17) is 11.6 Å². The van der Waals surface area contributed by atoms with Crippen LogP contribution in [0.1, 0.15) is 30.0 Å². The summed E-state index contributed by atoms with van der Waals surface area (Å²) in [4.78, 5) is 0.134. The van der Waals surface area contributed by atoms with Gasteiger partial charge in [-0.25, -0.2) is 13.1 Å². The lowest BCUT2D eigenvalue weighted by Gasteiger charge is -2.19. The summed E-state index contributed by atoms with van der Waals surface area (Å²) < 4.78 is 28.1. The van der Waals surface area contributed by atoms with Crippen LogP contribution >= 0.6 is 11.6 Å². The van der Waals surface area contributed by atoms with Crippen LogP contribution < -0.4 is 4.72 Å². The summed E-state index contributed by atoms with van der Waals surface area (Å²) in [5.74, 6) is 0.361. The average molecular weight is 336 g/mol. The molecule has 1 N–H and O–H groups in total. The molecule has 0 unspecified atom stereocenters. The van der Waals surface area contributed by atoms with Gasteiger partial charge in [-0.05, 0) is 43.4 Å². The zero-order valence-electron chi connectivity index (χ0n) is 12.3. The lowest BCUT2D eigenvalue weighted by molar-refractivity contribution is 0.529. The number of halogens is 1. The molecule has 0 amide bonds. The molecule has 116 valence electrons. The van der Waals surface area contributed by atoms with Crippen molar-refractivity contribution in [3.63, 3.8) is 0 Å². The van der Waals surface area contributed by atoms with Gasteiger partial charge in [0.1, 0.15) is 4.90 Å². The Morgan fingerprint density at radius 2 is 1.73 bits per heavy atom. The second-order valence-corrected chi connectivity index (χ2v) is 7.87. The second-order valence-electron chi connectivity index (χ2n) is 5.78. The molecule has 0 saturated heterocycles. The molecule has 2 aromatic carbocycles. The molecule has 1 atom stereocenters. The third-order valence-corrected chi connectivity index (χ3v) is 5.88. The fourth-order valence-electron chi connectivity index (χ4n) is 2.53. The van der Waals surface area contributed by atoms with Crippen LogP contribution in [0.3, 0.4) is 0 Å². The van der Waals surface area contributed by atoms with Crippen molar-refractivity contribution in [2.24, 2.45) is 5.92 Å². The van der Waals surface area contributed by atoms with Gasteiger partial charge >= 0.3 is 0 Å². The fraction of sp³-hybridized carbons (Fsp3) is 0.294. The van der Waals surface area contributed by atoms with Crippen molar-refractivity contribution < 1.29 is 8.42 Å². The summed E-state index contributed by atoms with van der Waals surface area (Å²) in [6.07, 6.45) is 2.09. The first kappa shape index (κ1) is 15.5. The summed E-state index contributed by atoms with van der Waals surface area (Å²) in [5, 5.41) is 0.244. The van der Waals surface area contributed by atoms with Crippen LogP contribution in [0.4, 0.5) is 0 Å². The maximum atomic E-state index is 12.6. The zero-order valence-corrected chi connectivity index (χ0v) is 13.9. The maximum Gasteiger partial charge on any atom is 0.242 e. The number of benzene rings is 2. The first-order valence-electron chi connectivity index (χ1n) is 7.31. The van der Waals surface area contributed by atoms with Crippen molar-refractivity contribution in [3.8, 4) is 0 Å². The minimum atomic E-state index is -3.64. The molecular formula is C17H18ClNO2S. The number of aryl methyl sites for hydroxylation is 1. The van der Waals surface area contributed by atoms with E-state index in [0.29, 0.717) is 5.92 Å². The van der Waals surface area contributed by atoms with Crippen LogP contribution in [0, 0.1) is 12.8 Å². The SMILES string of the molecule is Cc1ccc([C@@H](NS(=O)(=O)c2ccccc2Cl)C2CC2)cc1. The monoisotopic (exact) mass is 335 g/mol. The Morgan fingerprint density at radius 3 is 2.32 bits per heavy atom. The number of nitrogens with one attached hydrogen (secondary N) is 1. The van der Waals surface area contributed by atoms with Gasteiger partial charge in [0.25, 0.3) is 0 Å². The molecule has 1 fully saturated rings. The van der Waals surface area contributed by atoms with Crippen LogP contribution in [-0.4, -0.2) is 8.42 Å². The van der Waals surface area contributed by atoms with Gasteiger partial charge in [-0.15, -0.1) is 0 Å². The first-order chi connectivity index (χ1) is 10.5. The molecule has 5 heteroatoms. The molecule has 3 nitrogen and oxygen atoms in total. The predicted octanol–water partition coefficient (Wildman–Crippen LogP) is 4.08. The molecule has 0 radical (unpaired) electrons. The van der Waals surface area contributed by atoms with E-state index in [0.717, 1.165) is 24.0 Å². The van der Waals surface area contributed by atoms with E-state index >= 15 is 0 Å². The highest BCUT2D eigenvalue weighted by atomic mass is 35.5. The molecule has 1 aliphatic rings. The van der Waals surface area contributed by atoms with Gasteiger partial charge < -0.3 is 0 Å². The molecule has 2 aromatic rings. The number of rotatable bonds is 5. The highest BCUT2D eigenvalue weighted by molar-refractivity contribution is 7.89. The lowest BCUT2D eigenvalue weighted by Crippen LogP contribution is -2.30. The summed E-state index contributed by atoms with van der Waals surface area (Å²) in [6, 6.07) is 14.3. The standard InChI is InChI=1S/C17H18ClNO2S/c1-12-6-8-13(9-7-12)17(14-10-11-14)19-22(20,21)16-5-3-2-4-15(16)18/h2-9,14,17,19H,10-11H2,1H3/t17-/m1/s1. The van der Waals surface area contributed by atoms with Crippen LogP contribution in [0.25, 0.3) is 0 Å². The van der Waals surface area contributed by atoms with Crippen molar-refractivity contribution in [2.45, 2.75) is 30.7 Å². The Morgan fingerprint density at radius 1 is 1.09 bits per heavy atom. The Hall–Kier alpha value is -1.36. The largest absolute Gasteiger partial charge is 0.242 e. The van der Waals surface area contributed by atoms with E-state index in [9.17, 15) is 8.42 Å². The Balaban J connectivity index is 1.91. The van der Waals surface area contributed by atoms with Crippen molar-refractivity contribution in [1.29, 1.82) is 0 Å². The smallest absolute Gasteiger partial charge is 0.207 e. The van der Waals surface area contributed by atoms with Crippen molar-refractivity contribution in [2.75, 3.05) is 0 Å². The van der Waals surface area contributed by atoms with Crippen LogP contribution in [0.2, 0.25) is 5.02 Å². The van der Waals surface area contributed by atoms with E-state index in [2.05, 4.69) is 4.72 Å². The van der Waals surface area contributed by atoms with Crippen LogP contribution in [-0.2, 0) is 10.0 Å². The Kier molecular flexibility index (Phi) is 4.26. The van der Waals surface area contributed by atoms with E-state index in [1.54, 1.807) is 18.2 Å². The quantitative estimate of drug-likeness (QED) is 0.895. The molecule has 0 heterocycles. The highest BCUT2D eigenvalue weighted by Gasteiger charge is 2.35. The molecular weight excluding hydrogens is 318 g/mol. The van der Waals surface area contributed by atoms with Gasteiger partial charge in [0.2, 0.25) is 10.0 Å². The highest BCUT2D eigenvalue weighted by Crippen LogP contribution is 2.42. The lowest BCUT2D eigenvalue weighted by atomic mass is 10.0. The third-order valence-electron chi connectivity index (χ3n) is 3.94. The molecule has 1 saturated carbocycles. The van der Waals surface area contributed by atoms with Gasteiger partial charge in [-0.3, -0.25) is 0 Å².